The molecule has 0 radical (unpaired) electrons. The van der Waals surface area contributed by atoms with Gasteiger partial charge < -0.3 is 9.67 Å². The highest BCUT2D eigenvalue weighted by Crippen LogP contribution is 2.31. The topological polar surface area (TPSA) is 72.2 Å². The molecule has 0 unspecified atom stereocenters. The van der Waals surface area contributed by atoms with Crippen molar-refractivity contribution in [1.29, 1.82) is 0 Å². The average Bonchev–Trinajstić information content (AvgIpc) is 2.56. The second-order valence-electron chi connectivity index (χ2n) is 5.65. The Balaban J connectivity index is 2.16. The van der Waals surface area contributed by atoms with Crippen molar-refractivity contribution >= 4 is 5.97 Å². The number of aromatic carboxylic acids is 1. The van der Waals surface area contributed by atoms with Crippen molar-refractivity contribution in [2.45, 2.75) is 38.1 Å². The van der Waals surface area contributed by atoms with Crippen LogP contribution in [0.2, 0.25) is 0 Å². The monoisotopic (exact) mass is 298 g/mol. The van der Waals surface area contributed by atoms with Crippen molar-refractivity contribution < 1.29 is 9.90 Å². The number of rotatable bonds is 3. The minimum atomic E-state index is -1.22. The smallest absolute Gasteiger partial charge is 0.342 e. The van der Waals surface area contributed by atoms with Gasteiger partial charge in [0, 0.05) is 17.8 Å². The molecule has 114 valence electrons. The Morgan fingerprint density at radius 1 is 1.14 bits per heavy atom. The van der Waals surface area contributed by atoms with E-state index in [1.54, 1.807) is 0 Å². The molecule has 1 heterocycles. The molecule has 0 saturated heterocycles. The van der Waals surface area contributed by atoms with Gasteiger partial charge in [0.25, 0.3) is 5.56 Å². The van der Waals surface area contributed by atoms with Crippen LogP contribution in [0.4, 0.5) is 0 Å². The zero-order valence-electron chi connectivity index (χ0n) is 12.2. The van der Waals surface area contributed by atoms with Gasteiger partial charge in [-0.1, -0.05) is 49.6 Å². The van der Waals surface area contributed by atoms with Crippen molar-refractivity contribution in [3.05, 3.63) is 52.4 Å². The number of carboxylic acid groups (broad SMARTS) is 1. The number of hydrogen-bond donors (Lipinski definition) is 1. The number of carboxylic acids is 1. The van der Waals surface area contributed by atoms with Gasteiger partial charge in [0.05, 0.1) is 0 Å². The summed E-state index contributed by atoms with van der Waals surface area (Å²) in [6.45, 7) is 0. The number of hydrogen-bond acceptors (Lipinski definition) is 3. The van der Waals surface area contributed by atoms with Gasteiger partial charge in [-0.05, 0) is 12.8 Å². The van der Waals surface area contributed by atoms with Crippen LogP contribution in [-0.4, -0.2) is 20.6 Å². The quantitative estimate of drug-likeness (QED) is 0.945. The molecular formula is C17H18N2O3. The highest BCUT2D eigenvalue weighted by molar-refractivity contribution is 5.87. The normalized spacial score (nSPS) is 15.6. The van der Waals surface area contributed by atoms with Crippen molar-refractivity contribution in [3.63, 3.8) is 0 Å². The Labute approximate surface area is 128 Å². The van der Waals surface area contributed by atoms with E-state index in [2.05, 4.69) is 4.98 Å². The van der Waals surface area contributed by atoms with Crippen molar-refractivity contribution in [1.82, 2.24) is 9.55 Å². The Morgan fingerprint density at radius 2 is 1.82 bits per heavy atom. The lowest BCUT2D eigenvalue weighted by molar-refractivity contribution is 0.0693. The molecule has 5 nitrogen and oxygen atoms in total. The molecule has 3 rings (SSSR count). The minimum absolute atomic E-state index is 0.204. The molecule has 2 aromatic rings. The highest BCUT2D eigenvalue weighted by atomic mass is 16.4. The summed E-state index contributed by atoms with van der Waals surface area (Å²) in [6.07, 6.45) is 6.89. The lowest BCUT2D eigenvalue weighted by atomic mass is 9.95. The minimum Gasteiger partial charge on any atom is -0.477 e. The Hall–Kier alpha value is -2.43. The van der Waals surface area contributed by atoms with Gasteiger partial charge in [-0.15, -0.1) is 0 Å². The van der Waals surface area contributed by atoms with Gasteiger partial charge in [-0.3, -0.25) is 4.79 Å². The summed E-state index contributed by atoms with van der Waals surface area (Å²) < 4.78 is 1.89. The fourth-order valence-electron chi connectivity index (χ4n) is 3.05. The average molecular weight is 298 g/mol. The molecule has 0 aliphatic heterocycles. The van der Waals surface area contributed by atoms with E-state index in [-0.39, 0.29) is 11.6 Å². The molecule has 1 aliphatic rings. The van der Waals surface area contributed by atoms with Crippen LogP contribution in [-0.2, 0) is 0 Å². The number of aromatic nitrogens is 2. The molecule has 0 spiro atoms. The maximum absolute atomic E-state index is 12.0. The Kier molecular flexibility index (Phi) is 4.04. The van der Waals surface area contributed by atoms with Crippen molar-refractivity contribution in [2.75, 3.05) is 0 Å². The van der Waals surface area contributed by atoms with Crippen LogP contribution in [0, 0.1) is 0 Å². The molecule has 1 saturated carbocycles. The van der Waals surface area contributed by atoms with Crippen LogP contribution in [0.25, 0.3) is 11.4 Å². The van der Waals surface area contributed by atoms with E-state index in [4.69, 9.17) is 0 Å². The van der Waals surface area contributed by atoms with Crippen LogP contribution in [0.3, 0.4) is 0 Å². The summed E-state index contributed by atoms with van der Waals surface area (Å²) in [5.41, 5.74) is -0.106. The predicted octanol–water partition coefficient (Wildman–Crippen LogP) is 3.11. The second-order valence-corrected chi connectivity index (χ2v) is 5.65. The molecule has 22 heavy (non-hydrogen) atoms. The largest absolute Gasteiger partial charge is 0.477 e. The maximum Gasteiger partial charge on any atom is 0.342 e. The summed E-state index contributed by atoms with van der Waals surface area (Å²) in [4.78, 5) is 27.3. The Bertz CT molecular complexity index is 731. The first kappa shape index (κ1) is 14.5. The molecule has 5 heteroatoms. The van der Waals surface area contributed by atoms with Gasteiger partial charge in [0.15, 0.2) is 0 Å². The van der Waals surface area contributed by atoms with E-state index < -0.39 is 11.5 Å². The number of benzene rings is 1. The van der Waals surface area contributed by atoms with E-state index in [1.165, 1.54) is 12.6 Å². The lowest BCUT2D eigenvalue weighted by Crippen LogP contribution is -2.25. The van der Waals surface area contributed by atoms with E-state index in [0.29, 0.717) is 5.82 Å². The molecule has 1 aromatic carbocycles. The summed E-state index contributed by atoms with van der Waals surface area (Å²) in [6, 6.07) is 9.66. The standard InChI is InChI=1S/C17H18N2O3/c20-16-14(17(21)22)11-19(13-9-5-2-6-10-13)15(18-16)12-7-3-1-4-8-12/h1,3-4,7-8,11,13H,2,5-6,9-10H2,(H,21,22). The van der Waals surface area contributed by atoms with E-state index in [9.17, 15) is 14.7 Å². The molecule has 0 amide bonds. The van der Waals surface area contributed by atoms with Crippen LogP contribution in [0.1, 0.15) is 48.5 Å². The van der Waals surface area contributed by atoms with E-state index >= 15 is 0 Å². The number of carbonyl (C=O) groups is 1. The summed E-state index contributed by atoms with van der Waals surface area (Å²) >= 11 is 0. The molecule has 1 fully saturated rings. The molecule has 1 N–H and O–H groups in total. The summed E-state index contributed by atoms with van der Waals surface area (Å²) in [7, 11) is 0. The third-order valence-corrected chi connectivity index (χ3v) is 4.18. The van der Waals surface area contributed by atoms with E-state index in [0.717, 1.165) is 31.2 Å². The van der Waals surface area contributed by atoms with Crippen molar-refractivity contribution in [3.8, 4) is 11.4 Å². The van der Waals surface area contributed by atoms with Gasteiger partial charge in [0.2, 0.25) is 0 Å². The zero-order chi connectivity index (χ0) is 15.5. The molecule has 1 aromatic heterocycles. The van der Waals surface area contributed by atoms with Gasteiger partial charge >= 0.3 is 5.97 Å². The fraction of sp³-hybridized carbons (Fsp3) is 0.353. The SMILES string of the molecule is O=C(O)c1cn(C2CCCCC2)c(-c2ccccc2)nc1=O. The first-order valence-electron chi connectivity index (χ1n) is 7.58. The van der Waals surface area contributed by atoms with Gasteiger partial charge in [-0.25, -0.2) is 4.79 Å². The predicted molar refractivity (Wildman–Crippen MR) is 83.0 cm³/mol. The molecule has 0 atom stereocenters. The molecular weight excluding hydrogens is 280 g/mol. The lowest BCUT2D eigenvalue weighted by Gasteiger charge is -2.27. The summed E-state index contributed by atoms with van der Waals surface area (Å²) in [5.74, 6) is -0.663. The van der Waals surface area contributed by atoms with Crippen LogP contribution >= 0.6 is 0 Å². The van der Waals surface area contributed by atoms with Gasteiger partial charge in [0.1, 0.15) is 11.4 Å². The Morgan fingerprint density at radius 3 is 2.45 bits per heavy atom. The molecule has 1 aliphatic carbocycles. The second kappa shape index (κ2) is 6.13. The zero-order valence-corrected chi connectivity index (χ0v) is 12.2. The van der Waals surface area contributed by atoms with Gasteiger partial charge in [-0.2, -0.15) is 4.98 Å². The fourth-order valence-corrected chi connectivity index (χ4v) is 3.05. The molecule has 0 bridgehead atoms. The van der Waals surface area contributed by atoms with Crippen LogP contribution in [0.5, 0.6) is 0 Å². The van der Waals surface area contributed by atoms with Crippen LogP contribution < -0.4 is 5.56 Å². The summed E-state index contributed by atoms with van der Waals surface area (Å²) in [5, 5.41) is 9.20. The first-order valence-corrected chi connectivity index (χ1v) is 7.58. The van der Waals surface area contributed by atoms with Crippen molar-refractivity contribution in [2.24, 2.45) is 0 Å². The maximum atomic E-state index is 12.0. The van der Waals surface area contributed by atoms with Crippen LogP contribution in [0.15, 0.2) is 41.3 Å². The van der Waals surface area contributed by atoms with E-state index in [1.807, 2.05) is 34.9 Å². The third-order valence-electron chi connectivity index (χ3n) is 4.18. The third kappa shape index (κ3) is 2.79. The number of nitrogens with zero attached hydrogens (tertiary/aromatic N) is 2. The first-order chi connectivity index (χ1) is 10.7. The highest BCUT2D eigenvalue weighted by Gasteiger charge is 2.21.